The lowest BCUT2D eigenvalue weighted by molar-refractivity contribution is 0.0931. The van der Waals surface area contributed by atoms with Gasteiger partial charge in [0, 0.05) is 22.6 Å². The number of halogens is 1. The maximum Gasteiger partial charge on any atom is 0.248 e. The summed E-state index contributed by atoms with van der Waals surface area (Å²) in [5.41, 5.74) is 8.87. The third-order valence-electron chi connectivity index (χ3n) is 5.15. The van der Waals surface area contributed by atoms with Gasteiger partial charge in [0.1, 0.15) is 17.6 Å². The van der Waals surface area contributed by atoms with Crippen molar-refractivity contribution in [1.82, 2.24) is 0 Å². The highest BCUT2D eigenvalue weighted by atomic mass is 35.5. The Labute approximate surface area is 179 Å². The average Bonchev–Trinajstić information content (AvgIpc) is 2.75. The summed E-state index contributed by atoms with van der Waals surface area (Å²) in [7, 11) is 0. The van der Waals surface area contributed by atoms with Gasteiger partial charge >= 0.3 is 0 Å². The number of primary amides is 1. The highest BCUT2D eigenvalue weighted by Crippen LogP contribution is 2.38. The van der Waals surface area contributed by atoms with E-state index in [2.05, 4.69) is 0 Å². The maximum absolute atomic E-state index is 12.2. The van der Waals surface area contributed by atoms with Gasteiger partial charge in [-0.15, -0.1) is 0 Å². The average molecular weight is 422 g/mol. The van der Waals surface area contributed by atoms with Crippen molar-refractivity contribution < 1.29 is 19.1 Å². The molecule has 0 radical (unpaired) electrons. The molecule has 0 bridgehead atoms. The van der Waals surface area contributed by atoms with Crippen LogP contribution in [-0.2, 0) is 0 Å². The van der Waals surface area contributed by atoms with Crippen LogP contribution in [0.3, 0.4) is 0 Å². The Morgan fingerprint density at radius 2 is 1.67 bits per heavy atom. The van der Waals surface area contributed by atoms with Gasteiger partial charge in [-0.3, -0.25) is 9.59 Å². The van der Waals surface area contributed by atoms with Crippen molar-refractivity contribution >= 4 is 23.3 Å². The van der Waals surface area contributed by atoms with Crippen molar-refractivity contribution in [3.05, 3.63) is 93.5 Å². The summed E-state index contributed by atoms with van der Waals surface area (Å²) in [6.07, 6.45) is -0.0769. The standard InChI is InChI=1S/C24H20ClNO4/c1-14-21(11-10-19-20(27)12-13-29-22(14)19)30-23(16-6-8-18(25)9-7-16)15-2-4-17(5-3-15)24(26)28/h2-11,23H,12-13H2,1H3,(H2,26,28)/t23-/m1/s1. The predicted molar refractivity (Wildman–Crippen MR) is 115 cm³/mol. The number of rotatable bonds is 5. The van der Waals surface area contributed by atoms with Gasteiger partial charge in [0.15, 0.2) is 5.78 Å². The zero-order chi connectivity index (χ0) is 21.3. The molecule has 0 fully saturated rings. The van der Waals surface area contributed by atoms with Crippen LogP contribution in [0.2, 0.25) is 5.02 Å². The van der Waals surface area contributed by atoms with Gasteiger partial charge in [0.25, 0.3) is 0 Å². The molecule has 1 heterocycles. The number of ketones is 1. The van der Waals surface area contributed by atoms with Crippen molar-refractivity contribution in [2.75, 3.05) is 6.61 Å². The minimum Gasteiger partial charge on any atom is -0.492 e. The van der Waals surface area contributed by atoms with E-state index >= 15 is 0 Å². The summed E-state index contributed by atoms with van der Waals surface area (Å²) < 4.78 is 12.2. The second kappa shape index (κ2) is 8.20. The molecule has 2 N–H and O–H groups in total. The number of carbonyl (C=O) groups excluding carboxylic acids is 2. The monoisotopic (exact) mass is 421 g/mol. The fraction of sp³-hybridized carbons (Fsp3) is 0.167. The summed E-state index contributed by atoms with van der Waals surface area (Å²) in [6, 6.07) is 17.9. The number of ether oxygens (including phenoxy) is 2. The number of hydrogen-bond donors (Lipinski definition) is 1. The Hall–Kier alpha value is -3.31. The molecule has 0 spiro atoms. The molecular formula is C24H20ClNO4. The molecule has 0 aromatic heterocycles. The molecule has 30 heavy (non-hydrogen) atoms. The molecule has 0 unspecified atom stereocenters. The molecule has 0 aliphatic carbocycles. The van der Waals surface area contributed by atoms with Gasteiger partial charge in [0.05, 0.1) is 12.2 Å². The first-order chi connectivity index (χ1) is 14.4. The predicted octanol–water partition coefficient (Wildman–Crippen LogP) is 4.88. The van der Waals surface area contributed by atoms with Crippen molar-refractivity contribution in [2.45, 2.75) is 19.4 Å². The number of fused-ring (bicyclic) bond motifs is 1. The van der Waals surface area contributed by atoms with Gasteiger partial charge in [-0.05, 0) is 54.4 Å². The van der Waals surface area contributed by atoms with Crippen LogP contribution in [-0.4, -0.2) is 18.3 Å². The maximum atomic E-state index is 12.2. The molecule has 1 atom stereocenters. The van der Waals surface area contributed by atoms with Crippen LogP contribution in [0.4, 0.5) is 0 Å². The second-order valence-electron chi connectivity index (χ2n) is 7.12. The zero-order valence-electron chi connectivity index (χ0n) is 16.4. The summed E-state index contributed by atoms with van der Waals surface area (Å²) in [4.78, 5) is 23.6. The molecular weight excluding hydrogens is 402 g/mol. The molecule has 1 aliphatic rings. The first-order valence-electron chi connectivity index (χ1n) is 9.55. The highest BCUT2D eigenvalue weighted by Gasteiger charge is 2.24. The van der Waals surface area contributed by atoms with Crippen LogP contribution in [0.5, 0.6) is 11.5 Å². The van der Waals surface area contributed by atoms with E-state index in [0.29, 0.717) is 40.7 Å². The lowest BCUT2D eigenvalue weighted by Gasteiger charge is -2.24. The minimum atomic E-state index is -0.488. The fourth-order valence-electron chi connectivity index (χ4n) is 3.50. The van der Waals surface area contributed by atoms with E-state index in [0.717, 1.165) is 16.7 Å². The Bertz CT molecular complexity index is 1110. The van der Waals surface area contributed by atoms with Crippen molar-refractivity contribution in [2.24, 2.45) is 5.73 Å². The third-order valence-corrected chi connectivity index (χ3v) is 5.40. The van der Waals surface area contributed by atoms with E-state index in [1.54, 1.807) is 36.4 Å². The van der Waals surface area contributed by atoms with Crippen molar-refractivity contribution in [3.63, 3.8) is 0 Å². The van der Waals surface area contributed by atoms with Gasteiger partial charge in [-0.1, -0.05) is 35.9 Å². The van der Waals surface area contributed by atoms with Crippen LogP contribution in [0.1, 0.15) is 49.9 Å². The molecule has 3 aromatic rings. The van der Waals surface area contributed by atoms with E-state index in [9.17, 15) is 9.59 Å². The van der Waals surface area contributed by atoms with E-state index < -0.39 is 12.0 Å². The molecule has 5 nitrogen and oxygen atoms in total. The van der Waals surface area contributed by atoms with Gasteiger partial charge < -0.3 is 15.2 Å². The summed E-state index contributed by atoms with van der Waals surface area (Å²) in [5.74, 6) is 0.769. The van der Waals surface area contributed by atoms with Gasteiger partial charge in [-0.25, -0.2) is 0 Å². The molecule has 0 saturated carbocycles. The van der Waals surface area contributed by atoms with E-state index in [1.165, 1.54) is 0 Å². The smallest absolute Gasteiger partial charge is 0.248 e. The van der Waals surface area contributed by atoms with Gasteiger partial charge in [-0.2, -0.15) is 0 Å². The van der Waals surface area contributed by atoms with Crippen LogP contribution >= 0.6 is 11.6 Å². The molecule has 1 aliphatic heterocycles. The SMILES string of the molecule is Cc1c(O[C@@H](c2ccc(Cl)cc2)c2ccc(C(N)=O)cc2)ccc2c1OCCC2=O. The Balaban J connectivity index is 1.74. The van der Waals surface area contributed by atoms with Crippen molar-refractivity contribution in [1.29, 1.82) is 0 Å². The molecule has 0 saturated heterocycles. The quantitative estimate of drug-likeness (QED) is 0.636. The largest absolute Gasteiger partial charge is 0.492 e. The van der Waals surface area contributed by atoms with Crippen LogP contribution < -0.4 is 15.2 Å². The fourth-order valence-corrected chi connectivity index (χ4v) is 3.63. The normalized spacial score (nSPS) is 13.9. The first-order valence-corrected chi connectivity index (χ1v) is 9.93. The van der Waals surface area contributed by atoms with Gasteiger partial charge in [0.2, 0.25) is 5.91 Å². The summed E-state index contributed by atoms with van der Waals surface area (Å²) in [5, 5.41) is 0.624. The summed E-state index contributed by atoms with van der Waals surface area (Å²) >= 11 is 6.06. The molecule has 6 heteroatoms. The van der Waals surface area contributed by atoms with Crippen LogP contribution in [0.25, 0.3) is 0 Å². The Kier molecular flexibility index (Phi) is 5.46. The van der Waals surface area contributed by atoms with E-state index in [-0.39, 0.29) is 5.78 Å². The minimum absolute atomic E-state index is 0.0715. The number of hydrogen-bond acceptors (Lipinski definition) is 4. The number of carbonyl (C=O) groups is 2. The zero-order valence-corrected chi connectivity index (χ0v) is 17.1. The number of Topliss-reactive ketones (excluding diaryl/α,β-unsaturated/α-hetero) is 1. The topological polar surface area (TPSA) is 78.6 Å². The number of benzene rings is 3. The Morgan fingerprint density at radius 1 is 1.03 bits per heavy atom. The van der Waals surface area contributed by atoms with E-state index in [4.69, 9.17) is 26.8 Å². The number of nitrogens with two attached hydrogens (primary N) is 1. The van der Waals surface area contributed by atoms with Crippen LogP contribution in [0, 0.1) is 6.92 Å². The number of amides is 1. The highest BCUT2D eigenvalue weighted by molar-refractivity contribution is 6.30. The van der Waals surface area contributed by atoms with E-state index in [1.807, 2.05) is 31.2 Å². The van der Waals surface area contributed by atoms with Crippen molar-refractivity contribution in [3.8, 4) is 11.5 Å². The first kappa shape index (κ1) is 20.0. The third kappa shape index (κ3) is 3.89. The molecule has 152 valence electrons. The van der Waals surface area contributed by atoms with Crippen LogP contribution in [0.15, 0.2) is 60.7 Å². The molecule has 4 rings (SSSR count). The summed E-state index contributed by atoms with van der Waals surface area (Å²) in [6.45, 7) is 2.24. The molecule has 1 amide bonds. The second-order valence-corrected chi connectivity index (χ2v) is 7.56. The Morgan fingerprint density at radius 3 is 2.30 bits per heavy atom. The lowest BCUT2D eigenvalue weighted by Crippen LogP contribution is -2.17. The molecule has 3 aromatic carbocycles. The lowest BCUT2D eigenvalue weighted by atomic mass is 9.98.